The third kappa shape index (κ3) is 59.6. The van der Waals surface area contributed by atoms with Gasteiger partial charge in [-0.15, -0.1) is 0 Å². The smallest absolute Gasteiger partial charge is 0.306 e. The van der Waals surface area contributed by atoms with Gasteiger partial charge in [0.15, 0.2) is 6.10 Å². The summed E-state index contributed by atoms with van der Waals surface area (Å²) in [4.78, 5) is 38.3. The summed E-state index contributed by atoms with van der Waals surface area (Å²) < 4.78 is 16.9. The molecule has 0 saturated heterocycles. The van der Waals surface area contributed by atoms with Crippen molar-refractivity contribution >= 4 is 17.9 Å². The van der Waals surface area contributed by atoms with Gasteiger partial charge in [-0.1, -0.05) is 286 Å². The van der Waals surface area contributed by atoms with Crippen LogP contribution in [0.3, 0.4) is 0 Å². The molecule has 73 heavy (non-hydrogen) atoms. The lowest BCUT2D eigenvalue weighted by molar-refractivity contribution is -0.167. The lowest BCUT2D eigenvalue weighted by Crippen LogP contribution is -2.30. The first-order chi connectivity index (χ1) is 36.0. The molecule has 0 aromatic heterocycles. The monoisotopic (exact) mass is 1020 g/mol. The first-order valence-corrected chi connectivity index (χ1v) is 31.4. The standard InChI is InChI=1S/C67H118O6/c1-4-7-10-13-16-19-22-25-28-31-33-36-38-41-44-47-50-53-56-59-65(68)71-62-64(73-67(70)61-58-55-52-49-46-43-40-35-30-27-24-21-18-15-12-9-6-3)63-72-66(69)60-57-54-51-48-45-42-39-37-34-32-29-26-23-20-17-14-11-8-5-2/h9,12,18,21,25,27-28,30,40,43,49,52,64H,4-8,10-11,13-17,19-20,22-24,26,29,31-39,41-42,44-48,50-51,53-63H2,1-3H3/b12-9-,21-18-,28-25-,30-27-,43-40-,52-49-/t64-/m1/s1. The number of carbonyl (C=O) groups is 3. The SMILES string of the molecule is CC/C=C\C/C=C\C/C=C\C/C=C\C/C=C\CCCC(=O)O[C@H](COC(=O)CCCCCCCCCCC/C=C\CCCCCCCC)COC(=O)CCCCCCCCCCCCCCCCCCCCC. The molecule has 0 heterocycles. The Hall–Kier alpha value is -3.15. The average molecular weight is 1020 g/mol. The summed E-state index contributed by atoms with van der Waals surface area (Å²) in [7, 11) is 0. The van der Waals surface area contributed by atoms with Crippen molar-refractivity contribution in [2.24, 2.45) is 0 Å². The fraction of sp³-hybridized carbons (Fsp3) is 0.776. The highest BCUT2D eigenvalue weighted by atomic mass is 16.6. The van der Waals surface area contributed by atoms with Crippen LogP contribution in [-0.4, -0.2) is 37.2 Å². The number of carbonyl (C=O) groups excluding carboxylic acids is 3. The molecule has 6 nitrogen and oxygen atoms in total. The lowest BCUT2D eigenvalue weighted by Gasteiger charge is -2.18. The van der Waals surface area contributed by atoms with Crippen LogP contribution in [0.25, 0.3) is 0 Å². The molecule has 0 amide bonds. The molecule has 0 unspecified atom stereocenters. The molecule has 0 aromatic rings. The fourth-order valence-corrected chi connectivity index (χ4v) is 9.00. The maximum absolute atomic E-state index is 12.9. The van der Waals surface area contributed by atoms with E-state index in [9.17, 15) is 14.4 Å². The molecule has 0 radical (unpaired) electrons. The van der Waals surface area contributed by atoms with Crippen molar-refractivity contribution in [1.29, 1.82) is 0 Å². The minimum atomic E-state index is -0.805. The van der Waals surface area contributed by atoms with E-state index in [2.05, 4.69) is 93.7 Å². The third-order valence-electron chi connectivity index (χ3n) is 13.7. The van der Waals surface area contributed by atoms with Gasteiger partial charge in [-0.05, 0) is 83.5 Å². The van der Waals surface area contributed by atoms with E-state index in [0.29, 0.717) is 19.3 Å². The van der Waals surface area contributed by atoms with Gasteiger partial charge in [0.2, 0.25) is 0 Å². The second-order valence-corrected chi connectivity index (χ2v) is 20.9. The third-order valence-corrected chi connectivity index (χ3v) is 13.7. The Kier molecular flexibility index (Phi) is 58.7. The topological polar surface area (TPSA) is 78.9 Å². The average Bonchev–Trinajstić information content (AvgIpc) is 3.39. The highest BCUT2D eigenvalue weighted by molar-refractivity contribution is 5.71. The zero-order chi connectivity index (χ0) is 52.9. The zero-order valence-electron chi connectivity index (χ0n) is 48.4. The van der Waals surface area contributed by atoms with E-state index in [1.165, 1.54) is 193 Å². The number of esters is 3. The first kappa shape index (κ1) is 69.8. The molecule has 0 N–H and O–H groups in total. The van der Waals surface area contributed by atoms with Crippen LogP contribution in [0.2, 0.25) is 0 Å². The van der Waals surface area contributed by atoms with Crippen molar-refractivity contribution in [3.8, 4) is 0 Å². The van der Waals surface area contributed by atoms with E-state index in [-0.39, 0.29) is 37.5 Å². The highest BCUT2D eigenvalue weighted by Crippen LogP contribution is 2.17. The van der Waals surface area contributed by atoms with Crippen LogP contribution in [0.5, 0.6) is 0 Å². The normalized spacial score (nSPS) is 12.5. The number of ether oxygens (including phenoxy) is 3. The number of allylic oxidation sites excluding steroid dienone is 12. The van der Waals surface area contributed by atoms with Gasteiger partial charge in [0, 0.05) is 19.3 Å². The summed E-state index contributed by atoms with van der Waals surface area (Å²) in [6.07, 6.45) is 79.1. The van der Waals surface area contributed by atoms with Crippen molar-refractivity contribution in [2.45, 2.75) is 322 Å². The van der Waals surface area contributed by atoms with Gasteiger partial charge in [-0.25, -0.2) is 0 Å². The molecule has 0 fully saturated rings. The summed E-state index contributed by atoms with van der Waals surface area (Å²) in [5.41, 5.74) is 0. The number of hydrogen-bond donors (Lipinski definition) is 0. The summed E-state index contributed by atoms with van der Waals surface area (Å²) >= 11 is 0. The van der Waals surface area contributed by atoms with Crippen molar-refractivity contribution < 1.29 is 28.6 Å². The molecule has 0 aliphatic carbocycles. The summed E-state index contributed by atoms with van der Waals surface area (Å²) in [5.74, 6) is -0.941. The Morgan fingerprint density at radius 2 is 0.548 bits per heavy atom. The van der Waals surface area contributed by atoms with Gasteiger partial charge < -0.3 is 14.2 Å². The van der Waals surface area contributed by atoms with E-state index in [1.54, 1.807) is 0 Å². The van der Waals surface area contributed by atoms with Crippen LogP contribution in [0.1, 0.15) is 316 Å². The molecule has 6 heteroatoms. The Morgan fingerprint density at radius 1 is 0.288 bits per heavy atom. The predicted molar refractivity (Wildman–Crippen MR) is 316 cm³/mol. The first-order valence-electron chi connectivity index (χ1n) is 31.4. The van der Waals surface area contributed by atoms with Crippen molar-refractivity contribution in [3.63, 3.8) is 0 Å². The van der Waals surface area contributed by atoms with E-state index < -0.39 is 6.10 Å². The largest absolute Gasteiger partial charge is 0.462 e. The molecule has 0 aliphatic heterocycles. The van der Waals surface area contributed by atoms with Gasteiger partial charge in [-0.2, -0.15) is 0 Å². The molecular formula is C67H118O6. The Balaban J connectivity index is 4.41. The zero-order valence-corrected chi connectivity index (χ0v) is 48.4. The quantitative estimate of drug-likeness (QED) is 0.0261. The molecule has 0 rings (SSSR count). The van der Waals surface area contributed by atoms with Crippen molar-refractivity contribution in [2.75, 3.05) is 13.2 Å². The molecule has 0 aromatic carbocycles. The molecule has 0 bridgehead atoms. The molecule has 0 saturated carbocycles. The van der Waals surface area contributed by atoms with E-state index >= 15 is 0 Å². The van der Waals surface area contributed by atoms with Gasteiger partial charge in [0.1, 0.15) is 13.2 Å². The molecule has 422 valence electrons. The van der Waals surface area contributed by atoms with E-state index in [4.69, 9.17) is 14.2 Å². The minimum Gasteiger partial charge on any atom is -0.462 e. The highest BCUT2D eigenvalue weighted by Gasteiger charge is 2.19. The number of rotatable bonds is 57. The fourth-order valence-electron chi connectivity index (χ4n) is 9.00. The van der Waals surface area contributed by atoms with Gasteiger partial charge in [0.25, 0.3) is 0 Å². The maximum atomic E-state index is 12.9. The van der Waals surface area contributed by atoms with Gasteiger partial charge >= 0.3 is 17.9 Å². The summed E-state index contributed by atoms with van der Waals surface area (Å²) in [6, 6.07) is 0. The van der Waals surface area contributed by atoms with E-state index in [0.717, 1.165) is 77.0 Å². The van der Waals surface area contributed by atoms with Gasteiger partial charge in [-0.3, -0.25) is 14.4 Å². The second kappa shape index (κ2) is 61.4. The van der Waals surface area contributed by atoms with Gasteiger partial charge in [0.05, 0.1) is 0 Å². The summed E-state index contributed by atoms with van der Waals surface area (Å²) in [6.45, 7) is 6.52. The minimum absolute atomic E-state index is 0.0955. The maximum Gasteiger partial charge on any atom is 0.306 e. The summed E-state index contributed by atoms with van der Waals surface area (Å²) in [5, 5.41) is 0. The number of unbranched alkanes of at least 4 members (excludes halogenated alkanes) is 34. The number of hydrogen-bond acceptors (Lipinski definition) is 6. The molecule has 0 spiro atoms. The van der Waals surface area contributed by atoms with Crippen LogP contribution >= 0.6 is 0 Å². The Bertz CT molecular complexity index is 1360. The van der Waals surface area contributed by atoms with Crippen LogP contribution in [0.4, 0.5) is 0 Å². The lowest BCUT2D eigenvalue weighted by atomic mass is 10.0. The molecule has 0 aliphatic rings. The second-order valence-electron chi connectivity index (χ2n) is 20.9. The van der Waals surface area contributed by atoms with Crippen molar-refractivity contribution in [3.05, 3.63) is 72.9 Å². The van der Waals surface area contributed by atoms with Crippen molar-refractivity contribution in [1.82, 2.24) is 0 Å². The Morgan fingerprint density at radius 3 is 0.890 bits per heavy atom. The van der Waals surface area contributed by atoms with Crippen LogP contribution < -0.4 is 0 Å². The molecular weight excluding hydrogens is 901 g/mol. The molecule has 1 atom stereocenters. The van der Waals surface area contributed by atoms with E-state index in [1.807, 2.05) is 0 Å². The Labute approximate surface area is 453 Å². The van der Waals surface area contributed by atoms with Crippen LogP contribution in [0.15, 0.2) is 72.9 Å². The van der Waals surface area contributed by atoms with Crippen LogP contribution in [0, 0.1) is 0 Å². The van der Waals surface area contributed by atoms with Crippen LogP contribution in [-0.2, 0) is 28.6 Å². The predicted octanol–water partition coefficient (Wildman–Crippen LogP) is 21.3.